The summed E-state index contributed by atoms with van der Waals surface area (Å²) in [4.78, 5) is 19.7. The fourth-order valence-corrected chi connectivity index (χ4v) is 3.99. The summed E-state index contributed by atoms with van der Waals surface area (Å²) in [7, 11) is 1.60. The van der Waals surface area contributed by atoms with Gasteiger partial charge in [-0.25, -0.2) is 4.98 Å². The Kier molecular flexibility index (Phi) is 5.12. The van der Waals surface area contributed by atoms with Gasteiger partial charge in [-0.05, 0) is 60.5 Å². The van der Waals surface area contributed by atoms with Crippen LogP contribution in [0.5, 0.6) is 5.75 Å². The molecule has 2 aromatic carbocycles. The third kappa shape index (κ3) is 3.64. The number of hydrogen-bond acceptors (Lipinski definition) is 5. The molecule has 0 unspecified atom stereocenters. The van der Waals surface area contributed by atoms with Gasteiger partial charge in [0.2, 0.25) is 0 Å². The lowest BCUT2D eigenvalue weighted by Crippen LogP contribution is -2.30. The Hall–Kier alpha value is -3.12. The maximum atomic E-state index is 13.3. The number of rotatable bonds is 6. The van der Waals surface area contributed by atoms with Crippen LogP contribution in [-0.2, 0) is 13.0 Å². The van der Waals surface area contributed by atoms with E-state index in [-0.39, 0.29) is 5.91 Å². The van der Waals surface area contributed by atoms with Gasteiger partial charge in [-0.3, -0.25) is 9.69 Å². The molecule has 2 aromatic heterocycles. The van der Waals surface area contributed by atoms with Crippen LogP contribution in [0.15, 0.2) is 65.3 Å². The molecule has 142 valence electrons. The van der Waals surface area contributed by atoms with Gasteiger partial charge in [0.1, 0.15) is 11.5 Å². The molecule has 0 saturated carbocycles. The zero-order chi connectivity index (χ0) is 19.5. The van der Waals surface area contributed by atoms with Crippen molar-refractivity contribution >= 4 is 32.6 Å². The highest BCUT2D eigenvalue weighted by Gasteiger charge is 2.23. The average Bonchev–Trinajstić information content (AvgIpc) is 3.40. The molecule has 0 spiro atoms. The predicted octanol–water partition coefficient (Wildman–Crippen LogP) is 5.31. The minimum atomic E-state index is -0.131. The number of anilines is 1. The SMILES string of the molecule is CCc1ccc2nc(N(Cc3ccco3)C(=O)c3ccc(OC)cc3)sc2c1. The van der Waals surface area contributed by atoms with Gasteiger partial charge in [0.05, 0.1) is 30.1 Å². The highest BCUT2D eigenvalue weighted by atomic mass is 32.1. The van der Waals surface area contributed by atoms with Crippen molar-refractivity contribution in [1.82, 2.24) is 4.98 Å². The quantitative estimate of drug-likeness (QED) is 0.446. The Morgan fingerprint density at radius 3 is 2.68 bits per heavy atom. The minimum Gasteiger partial charge on any atom is -0.497 e. The Morgan fingerprint density at radius 2 is 2.00 bits per heavy atom. The third-order valence-electron chi connectivity index (χ3n) is 4.56. The van der Waals surface area contributed by atoms with E-state index in [1.165, 1.54) is 16.9 Å². The predicted molar refractivity (Wildman–Crippen MR) is 111 cm³/mol. The van der Waals surface area contributed by atoms with Crippen LogP contribution in [0, 0.1) is 0 Å². The number of aryl methyl sites for hydroxylation is 1. The number of nitrogens with zero attached hydrogens (tertiary/aromatic N) is 2. The molecule has 0 aliphatic carbocycles. The number of amides is 1. The summed E-state index contributed by atoms with van der Waals surface area (Å²) in [5.74, 6) is 1.28. The molecule has 0 radical (unpaired) electrons. The number of carbonyl (C=O) groups excluding carboxylic acids is 1. The molecule has 0 atom stereocenters. The van der Waals surface area contributed by atoms with Crippen LogP contribution in [0.1, 0.15) is 28.6 Å². The second-order valence-corrected chi connectivity index (χ2v) is 7.36. The molecule has 6 heteroatoms. The smallest absolute Gasteiger partial charge is 0.260 e. The first kappa shape index (κ1) is 18.3. The largest absolute Gasteiger partial charge is 0.497 e. The van der Waals surface area contributed by atoms with E-state index in [1.54, 1.807) is 42.5 Å². The maximum absolute atomic E-state index is 13.3. The summed E-state index contributed by atoms with van der Waals surface area (Å²) in [6.45, 7) is 2.44. The van der Waals surface area contributed by atoms with Crippen molar-refractivity contribution in [3.63, 3.8) is 0 Å². The lowest BCUT2D eigenvalue weighted by molar-refractivity contribution is 0.0983. The van der Waals surface area contributed by atoms with Crippen LogP contribution in [0.25, 0.3) is 10.2 Å². The number of methoxy groups -OCH3 is 1. The molecule has 0 N–H and O–H groups in total. The van der Waals surface area contributed by atoms with Crippen molar-refractivity contribution < 1.29 is 13.9 Å². The van der Waals surface area contributed by atoms with Crippen molar-refractivity contribution in [2.75, 3.05) is 12.0 Å². The summed E-state index contributed by atoms with van der Waals surface area (Å²) < 4.78 is 11.7. The molecular formula is C22H20N2O3S. The molecule has 5 nitrogen and oxygen atoms in total. The topological polar surface area (TPSA) is 55.6 Å². The van der Waals surface area contributed by atoms with Gasteiger partial charge in [-0.2, -0.15) is 0 Å². The van der Waals surface area contributed by atoms with E-state index in [2.05, 4.69) is 19.1 Å². The lowest BCUT2D eigenvalue weighted by Gasteiger charge is -2.19. The zero-order valence-corrected chi connectivity index (χ0v) is 16.5. The fraction of sp³-hybridized carbons (Fsp3) is 0.182. The van der Waals surface area contributed by atoms with E-state index >= 15 is 0 Å². The van der Waals surface area contributed by atoms with E-state index in [4.69, 9.17) is 14.1 Å². The van der Waals surface area contributed by atoms with Gasteiger partial charge in [0.25, 0.3) is 5.91 Å². The number of hydrogen-bond donors (Lipinski definition) is 0. The van der Waals surface area contributed by atoms with Crippen LogP contribution in [-0.4, -0.2) is 18.0 Å². The highest BCUT2D eigenvalue weighted by Crippen LogP contribution is 2.32. The van der Waals surface area contributed by atoms with Crippen LogP contribution in [0.4, 0.5) is 5.13 Å². The van der Waals surface area contributed by atoms with Crippen LogP contribution in [0.3, 0.4) is 0 Å². The second kappa shape index (κ2) is 7.86. The molecule has 28 heavy (non-hydrogen) atoms. The Balaban J connectivity index is 1.73. The Bertz CT molecular complexity index is 1080. The summed E-state index contributed by atoms with van der Waals surface area (Å²) >= 11 is 1.52. The average molecular weight is 392 g/mol. The maximum Gasteiger partial charge on any atom is 0.260 e. The summed E-state index contributed by atoms with van der Waals surface area (Å²) in [6, 6.07) is 17.0. The Labute approximate surface area is 167 Å². The number of carbonyl (C=O) groups is 1. The third-order valence-corrected chi connectivity index (χ3v) is 5.60. The van der Waals surface area contributed by atoms with Gasteiger partial charge in [-0.1, -0.05) is 24.3 Å². The molecule has 1 amide bonds. The number of aromatic nitrogens is 1. The first-order valence-electron chi connectivity index (χ1n) is 9.05. The van der Waals surface area contributed by atoms with Gasteiger partial charge >= 0.3 is 0 Å². The molecule has 0 fully saturated rings. The molecule has 2 heterocycles. The van der Waals surface area contributed by atoms with Gasteiger partial charge in [0.15, 0.2) is 5.13 Å². The summed E-state index contributed by atoms with van der Waals surface area (Å²) in [5.41, 5.74) is 2.71. The number of ether oxygens (including phenoxy) is 1. The molecular weight excluding hydrogens is 372 g/mol. The van der Waals surface area contributed by atoms with Crippen molar-refractivity contribution in [2.45, 2.75) is 19.9 Å². The molecule has 0 aliphatic rings. The van der Waals surface area contributed by atoms with E-state index < -0.39 is 0 Å². The van der Waals surface area contributed by atoms with E-state index in [0.717, 1.165) is 16.6 Å². The molecule has 0 bridgehead atoms. The van der Waals surface area contributed by atoms with Gasteiger partial charge in [-0.15, -0.1) is 0 Å². The van der Waals surface area contributed by atoms with Crippen molar-refractivity contribution in [2.24, 2.45) is 0 Å². The van der Waals surface area contributed by atoms with E-state index in [9.17, 15) is 4.79 Å². The molecule has 0 saturated heterocycles. The number of furan rings is 1. The van der Waals surface area contributed by atoms with Gasteiger partial charge in [0, 0.05) is 5.56 Å². The number of thiazole rings is 1. The van der Waals surface area contributed by atoms with Crippen molar-refractivity contribution in [3.8, 4) is 5.75 Å². The molecule has 4 rings (SSSR count). The first-order chi connectivity index (χ1) is 13.7. The highest BCUT2D eigenvalue weighted by molar-refractivity contribution is 7.22. The summed E-state index contributed by atoms with van der Waals surface area (Å²) in [6.07, 6.45) is 2.57. The van der Waals surface area contributed by atoms with Crippen LogP contribution in [0.2, 0.25) is 0 Å². The molecule has 4 aromatic rings. The Morgan fingerprint density at radius 1 is 1.18 bits per heavy atom. The standard InChI is InChI=1S/C22H20N2O3S/c1-3-15-6-11-19-20(13-15)28-22(23-19)24(14-18-5-4-12-27-18)21(25)16-7-9-17(26-2)10-8-16/h4-13H,3,14H2,1-2H3. The van der Waals surface area contributed by atoms with Crippen LogP contribution >= 0.6 is 11.3 Å². The second-order valence-electron chi connectivity index (χ2n) is 6.35. The number of benzene rings is 2. The fourth-order valence-electron chi connectivity index (χ4n) is 2.97. The minimum absolute atomic E-state index is 0.131. The van der Waals surface area contributed by atoms with E-state index in [0.29, 0.717) is 28.7 Å². The first-order valence-corrected chi connectivity index (χ1v) is 9.87. The van der Waals surface area contributed by atoms with Crippen LogP contribution < -0.4 is 9.64 Å². The monoisotopic (exact) mass is 392 g/mol. The van der Waals surface area contributed by atoms with Crippen molar-refractivity contribution in [3.05, 3.63) is 77.7 Å². The normalized spacial score (nSPS) is 10.9. The number of fused-ring (bicyclic) bond motifs is 1. The van der Waals surface area contributed by atoms with Gasteiger partial charge < -0.3 is 9.15 Å². The zero-order valence-electron chi connectivity index (χ0n) is 15.7. The van der Waals surface area contributed by atoms with E-state index in [1.807, 2.05) is 18.2 Å². The summed E-state index contributed by atoms with van der Waals surface area (Å²) in [5, 5.41) is 0.653. The van der Waals surface area contributed by atoms with Crippen molar-refractivity contribution in [1.29, 1.82) is 0 Å². The lowest BCUT2D eigenvalue weighted by atomic mass is 10.2. The molecule has 0 aliphatic heterocycles.